The molecule has 0 aliphatic rings. The molecule has 0 spiro atoms. The Kier molecular flexibility index (Phi) is 2.68. The number of hydrogen-bond acceptors (Lipinski definition) is 5. The number of hydrogen-bond donors (Lipinski definition) is 1. The van der Waals surface area contributed by atoms with Crippen molar-refractivity contribution in [2.24, 2.45) is 0 Å². The molecular weight excluding hydrogens is 244 g/mol. The smallest absolute Gasteiger partial charge is 0.264 e. The Hall–Kier alpha value is -2.76. The minimum Gasteiger partial charge on any atom is -0.339 e. The highest BCUT2D eigenvalue weighted by Crippen LogP contribution is 2.21. The van der Waals surface area contributed by atoms with Gasteiger partial charge in [0.25, 0.3) is 5.56 Å². The number of aryl methyl sites for hydroxylation is 1. The molecule has 0 aliphatic carbocycles. The summed E-state index contributed by atoms with van der Waals surface area (Å²) in [5.74, 6) is 1.08. The number of rotatable bonds is 2. The first-order valence-electron chi connectivity index (χ1n) is 5.69. The monoisotopic (exact) mass is 254 g/mol. The maximum Gasteiger partial charge on any atom is 0.264 e. The summed E-state index contributed by atoms with van der Waals surface area (Å²) in [7, 11) is 0. The van der Waals surface area contributed by atoms with Gasteiger partial charge in [0.1, 0.15) is 0 Å². The summed E-state index contributed by atoms with van der Waals surface area (Å²) in [5, 5.41) is 10.2. The summed E-state index contributed by atoms with van der Waals surface area (Å²) in [6, 6.07) is 10.7. The van der Waals surface area contributed by atoms with E-state index < -0.39 is 0 Å². The van der Waals surface area contributed by atoms with E-state index in [1.807, 2.05) is 24.3 Å². The van der Waals surface area contributed by atoms with E-state index in [0.29, 0.717) is 17.4 Å². The standard InChI is InChI=1S/C13H10N4O2/c1-8-14-13(17-19-8)10-4-2-9(3-5-10)11-6-7-12(18)16-15-11/h2-7H,1H3,(H,16,18). The molecule has 0 bridgehead atoms. The van der Waals surface area contributed by atoms with Gasteiger partial charge in [-0.1, -0.05) is 29.4 Å². The van der Waals surface area contributed by atoms with Crippen molar-refractivity contribution in [1.29, 1.82) is 0 Å². The van der Waals surface area contributed by atoms with Gasteiger partial charge >= 0.3 is 0 Å². The Morgan fingerprint density at radius 1 is 1.05 bits per heavy atom. The predicted octanol–water partition coefficient (Wildman–Crippen LogP) is 1.80. The molecule has 2 aromatic heterocycles. The van der Waals surface area contributed by atoms with Crippen LogP contribution in [-0.4, -0.2) is 20.3 Å². The SMILES string of the molecule is Cc1nc(-c2ccc(-c3ccc(=O)[nH]n3)cc2)no1. The first kappa shape index (κ1) is 11.3. The van der Waals surface area contributed by atoms with E-state index in [2.05, 4.69) is 20.3 Å². The van der Waals surface area contributed by atoms with Crippen LogP contribution < -0.4 is 5.56 Å². The molecule has 0 unspecified atom stereocenters. The lowest BCUT2D eigenvalue weighted by atomic mass is 10.1. The highest BCUT2D eigenvalue weighted by atomic mass is 16.5. The second-order valence-corrected chi connectivity index (χ2v) is 4.02. The van der Waals surface area contributed by atoms with E-state index >= 15 is 0 Å². The highest BCUT2D eigenvalue weighted by Gasteiger charge is 2.06. The Balaban J connectivity index is 1.94. The van der Waals surface area contributed by atoms with Crippen LogP contribution in [-0.2, 0) is 0 Å². The number of benzene rings is 1. The minimum absolute atomic E-state index is 0.220. The van der Waals surface area contributed by atoms with Crippen LogP contribution in [0.4, 0.5) is 0 Å². The molecule has 2 heterocycles. The van der Waals surface area contributed by atoms with E-state index in [4.69, 9.17) is 4.52 Å². The third-order valence-electron chi connectivity index (χ3n) is 2.65. The van der Waals surface area contributed by atoms with Gasteiger partial charge in [0, 0.05) is 24.1 Å². The molecule has 6 heteroatoms. The molecule has 0 atom stereocenters. The molecule has 0 amide bonds. The van der Waals surface area contributed by atoms with Gasteiger partial charge in [0.2, 0.25) is 11.7 Å². The molecule has 3 aromatic rings. The lowest BCUT2D eigenvalue weighted by Crippen LogP contribution is -2.05. The zero-order valence-electron chi connectivity index (χ0n) is 10.1. The van der Waals surface area contributed by atoms with Crippen molar-refractivity contribution in [3.8, 4) is 22.6 Å². The minimum atomic E-state index is -0.220. The van der Waals surface area contributed by atoms with Gasteiger partial charge in [0.15, 0.2) is 0 Å². The summed E-state index contributed by atoms with van der Waals surface area (Å²) < 4.78 is 4.93. The normalized spacial score (nSPS) is 10.6. The van der Waals surface area contributed by atoms with Crippen molar-refractivity contribution in [3.63, 3.8) is 0 Å². The average molecular weight is 254 g/mol. The van der Waals surface area contributed by atoms with Crippen LogP contribution in [0.25, 0.3) is 22.6 Å². The Morgan fingerprint density at radius 3 is 2.37 bits per heavy atom. The summed E-state index contributed by atoms with van der Waals surface area (Å²) in [4.78, 5) is 15.1. The number of aromatic amines is 1. The van der Waals surface area contributed by atoms with Crippen molar-refractivity contribution in [2.45, 2.75) is 6.92 Å². The molecule has 19 heavy (non-hydrogen) atoms. The van der Waals surface area contributed by atoms with Crippen molar-refractivity contribution in [3.05, 3.63) is 52.6 Å². The van der Waals surface area contributed by atoms with Crippen molar-refractivity contribution in [2.75, 3.05) is 0 Å². The first-order valence-corrected chi connectivity index (χ1v) is 5.69. The van der Waals surface area contributed by atoms with Gasteiger partial charge < -0.3 is 4.52 Å². The van der Waals surface area contributed by atoms with E-state index in [0.717, 1.165) is 11.1 Å². The topological polar surface area (TPSA) is 84.7 Å². The van der Waals surface area contributed by atoms with Crippen LogP contribution in [0, 0.1) is 6.92 Å². The maximum atomic E-state index is 10.9. The molecule has 0 saturated heterocycles. The zero-order valence-corrected chi connectivity index (χ0v) is 10.1. The molecule has 0 fully saturated rings. The second-order valence-electron chi connectivity index (χ2n) is 4.02. The van der Waals surface area contributed by atoms with Gasteiger partial charge in [-0.25, -0.2) is 5.10 Å². The Bertz CT molecular complexity index is 738. The second kappa shape index (κ2) is 4.49. The highest BCUT2D eigenvalue weighted by molar-refractivity contribution is 5.64. The van der Waals surface area contributed by atoms with E-state index in [9.17, 15) is 4.79 Å². The first-order chi connectivity index (χ1) is 9.22. The summed E-state index contributed by atoms with van der Waals surface area (Å²) >= 11 is 0. The molecule has 1 aromatic carbocycles. The van der Waals surface area contributed by atoms with Crippen molar-refractivity contribution in [1.82, 2.24) is 20.3 Å². The summed E-state index contributed by atoms with van der Waals surface area (Å²) in [6.07, 6.45) is 0. The number of nitrogens with zero attached hydrogens (tertiary/aromatic N) is 3. The number of H-pyrrole nitrogens is 1. The van der Waals surface area contributed by atoms with Crippen LogP contribution in [0.1, 0.15) is 5.89 Å². The molecule has 6 nitrogen and oxygen atoms in total. The fourth-order valence-electron chi connectivity index (χ4n) is 1.71. The molecule has 94 valence electrons. The largest absolute Gasteiger partial charge is 0.339 e. The van der Waals surface area contributed by atoms with Gasteiger partial charge in [-0.2, -0.15) is 10.1 Å². The van der Waals surface area contributed by atoms with Gasteiger partial charge in [-0.15, -0.1) is 0 Å². The molecule has 3 rings (SSSR count). The zero-order chi connectivity index (χ0) is 13.2. The van der Waals surface area contributed by atoms with Gasteiger partial charge in [-0.05, 0) is 6.07 Å². The maximum absolute atomic E-state index is 10.9. The van der Waals surface area contributed by atoms with Gasteiger partial charge in [0.05, 0.1) is 5.69 Å². The van der Waals surface area contributed by atoms with Gasteiger partial charge in [-0.3, -0.25) is 4.79 Å². The molecule has 0 saturated carbocycles. The lowest BCUT2D eigenvalue weighted by molar-refractivity contribution is 0.394. The summed E-state index contributed by atoms with van der Waals surface area (Å²) in [6.45, 7) is 1.75. The van der Waals surface area contributed by atoms with Crippen molar-refractivity contribution < 1.29 is 4.52 Å². The molecule has 1 N–H and O–H groups in total. The molecular formula is C13H10N4O2. The van der Waals surface area contributed by atoms with Crippen LogP contribution in [0.15, 0.2) is 45.7 Å². The summed E-state index contributed by atoms with van der Waals surface area (Å²) in [5.41, 5.74) is 2.25. The molecule has 0 radical (unpaired) electrons. The quantitative estimate of drug-likeness (QED) is 0.753. The number of aromatic nitrogens is 4. The third-order valence-corrected chi connectivity index (χ3v) is 2.65. The van der Waals surface area contributed by atoms with E-state index in [1.165, 1.54) is 6.07 Å². The van der Waals surface area contributed by atoms with E-state index in [-0.39, 0.29) is 5.56 Å². The van der Waals surface area contributed by atoms with Crippen molar-refractivity contribution >= 4 is 0 Å². The van der Waals surface area contributed by atoms with Crippen LogP contribution in [0.2, 0.25) is 0 Å². The average Bonchev–Trinajstić information content (AvgIpc) is 2.87. The number of nitrogens with one attached hydrogen (secondary N) is 1. The Morgan fingerprint density at radius 2 is 1.79 bits per heavy atom. The molecule has 0 aliphatic heterocycles. The third kappa shape index (κ3) is 2.28. The van der Waals surface area contributed by atoms with E-state index in [1.54, 1.807) is 13.0 Å². The van der Waals surface area contributed by atoms with Crippen LogP contribution >= 0.6 is 0 Å². The van der Waals surface area contributed by atoms with Crippen LogP contribution in [0.3, 0.4) is 0 Å². The van der Waals surface area contributed by atoms with Crippen LogP contribution in [0.5, 0.6) is 0 Å². The fraction of sp³-hybridized carbons (Fsp3) is 0.0769. The lowest BCUT2D eigenvalue weighted by Gasteiger charge is -2.00. The fourth-order valence-corrected chi connectivity index (χ4v) is 1.71. The predicted molar refractivity (Wildman–Crippen MR) is 68.3 cm³/mol. The Labute approximate surface area is 108 Å².